The minimum Gasteiger partial charge on any atom is -0.420 e. The van der Waals surface area contributed by atoms with Crippen molar-refractivity contribution in [2.75, 3.05) is 6.73 Å². The highest BCUT2D eigenvalue weighted by Gasteiger charge is 2.20. The van der Waals surface area contributed by atoms with Crippen LogP contribution in [0.3, 0.4) is 0 Å². The van der Waals surface area contributed by atoms with E-state index in [1.165, 1.54) is 0 Å². The molecule has 0 bridgehead atoms. The van der Waals surface area contributed by atoms with Gasteiger partial charge in [-0.15, -0.1) is 0 Å². The summed E-state index contributed by atoms with van der Waals surface area (Å²) >= 11 is 0. The third-order valence-electron chi connectivity index (χ3n) is 1.03. The van der Waals surface area contributed by atoms with E-state index in [0.29, 0.717) is 5.75 Å². The molecule has 0 spiro atoms. The number of nitrogens with zero attached hydrogens (tertiary/aromatic N) is 2. The van der Waals surface area contributed by atoms with E-state index in [4.69, 9.17) is 10.1 Å². The number of hydrogen-bond acceptors (Lipinski definition) is 2. The molecule has 82 valence electrons. The third kappa shape index (κ3) is 12.2. The Bertz CT molecular complexity index is 305. The molecule has 1 aromatic carbocycles. The molecule has 0 saturated carbocycles. The maximum atomic E-state index is 9.75. The summed E-state index contributed by atoms with van der Waals surface area (Å²) in [5.74, 6) is 0.709. The summed E-state index contributed by atoms with van der Waals surface area (Å²) in [7, 11) is -6.00. The SMILES string of the molecule is F[B-](F)(F)F.N#[N+]COc1ccccc1. The van der Waals surface area contributed by atoms with Crippen molar-refractivity contribution in [2.24, 2.45) is 0 Å². The van der Waals surface area contributed by atoms with E-state index in [-0.39, 0.29) is 6.73 Å². The van der Waals surface area contributed by atoms with E-state index in [2.05, 4.69) is 4.98 Å². The lowest BCUT2D eigenvalue weighted by molar-refractivity contribution is 0.358. The molecule has 0 heterocycles. The lowest BCUT2D eigenvalue weighted by atomic mass is 10.3. The average molecular weight is 222 g/mol. The Hall–Kier alpha value is -1.78. The second kappa shape index (κ2) is 6.65. The number of halogens is 4. The van der Waals surface area contributed by atoms with Crippen LogP contribution < -0.4 is 4.74 Å². The van der Waals surface area contributed by atoms with Crippen LogP contribution in [0.1, 0.15) is 0 Å². The van der Waals surface area contributed by atoms with Gasteiger partial charge in [-0.05, 0) is 12.1 Å². The van der Waals surface area contributed by atoms with Gasteiger partial charge in [-0.1, -0.05) is 18.2 Å². The Kier molecular flexibility index (Phi) is 5.86. The summed E-state index contributed by atoms with van der Waals surface area (Å²) in [5.41, 5.74) is 0. The highest BCUT2D eigenvalue weighted by Crippen LogP contribution is 2.07. The minimum atomic E-state index is -6.00. The van der Waals surface area contributed by atoms with E-state index in [1.807, 2.05) is 18.2 Å². The van der Waals surface area contributed by atoms with Gasteiger partial charge >= 0.3 is 14.0 Å². The summed E-state index contributed by atoms with van der Waals surface area (Å²) < 4.78 is 43.9. The van der Waals surface area contributed by atoms with Crippen molar-refractivity contribution in [3.05, 3.63) is 35.3 Å². The first kappa shape index (κ1) is 13.2. The molecule has 15 heavy (non-hydrogen) atoms. The van der Waals surface area contributed by atoms with Crippen LogP contribution in [0.2, 0.25) is 0 Å². The van der Waals surface area contributed by atoms with E-state index in [0.717, 1.165) is 0 Å². The van der Waals surface area contributed by atoms with E-state index < -0.39 is 7.25 Å². The molecule has 1 aromatic rings. The smallest absolute Gasteiger partial charge is 0.420 e. The molecule has 0 saturated heterocycles. The fourth-order valence-corrected chi connectivity index (χ4v) is 0.620. The van der Waals surface area contributed by atoms with Crippen molar-refractivity contribution in [3.8, 4) is 5.75 Å². The third-order valence-corrected chi connectivity index (χ3v) is 1.03. The summed E-state index contributed by atoms with van der Waals surface area (Å²) in [4.78, 5) is 2.81. The van der Waals surface area contributed by atoms with Gasteiger partial charge in [0.15, 0.2) is 4.98 Å². The molecular formula is C7H7BF4N2O. The predicted octanol–water partition coefficient (Wildman–Crippen LogP) is 3.18. The maximum Gasteiger partial charge on any atom is 0.673 e. The fraction of sp³-hybridized carbons (Fsp3) is 0.143. The van der Waals surface area contributed by atoms with Crippen molar-refractivity contribution < 1.29 is 22.0 Å². The second-order valence-corrected chi connectivity index (χ2v) is 2.22. The van der Waals surface area contributed by atoms with Crippen molar-refractivity contribution in [3.63, 3.8) is 0 Å². The zero-order chi connectivity index (χ0) is 11.7. The van der Waals surface area contributed by atoms with Crippen molar-refractivity contribution in [2.45, 2.75) is 0 Å². The molecule has 0 aromatic heterocycles. The fourth-order valence-electron chi connectivity index (χ4n) is 0.620. The summed E-state index contributed by atoms with van der Waals surface area (Å²) in [6, 6.07) is 9.19. The van der Waals surface area contributed by atoms with Gasteiger partial charge in [-0.25, -0.2) is 0 Å². The average Bonchev–Trinajstić information content (AvgIpc) is 2.14. The highest BCUT2D eigenvalue weighted by atomic mass is 19.5. The zero-order valence-electron chi connectivity index (χ0n) is 7.49. The molecule has 1 rings (SSSR count). The van der Waals surface area contributed by atoms with Crippen LogP contribution in [0.25, 0.3) is 4.98 Å². The van der Waals surface area contributed by atoms with Crippen LogP contribution in [0.15, 0.2) is 30.3 Å². The largest absolute Gasteiger partial charge is 0.673 e. The molecule has 8 heteroatoms. The van der Waals surface area contributed by atoms with Crippen LogP contribution >= 0.6 is 0 Å². The number of rotatable bonds is 2. The van der Waals surface area contributed by atoms with Crippen molar-refractivity contribution in [1.82, 2.24) is 0 Å². The Morgan fingerprint density at radius 1 is 1.13 bits per heavy atom. The van der Waals surface area contributed by atoms with E-state index in [1.54, 1.807) is 12.1 Å². The van der Waals surface area contributed by atoms with E-state index in [9.17, 15) is 17.3 Å². The van der Waals surface area contributed by atoms with E-state index >= 15 is 0 Å². The van der Waals surface area contributed by atoms with Crippen LogP contribution in [0, 0.1) is 5.39 Å². The normalized spacial score (nSPS) is 9.53. The second-order valence-electron chi connectivity index (χ2n) is 2.22. The molecule has 3 nitrogen and oxygen atoms in total. The monoisotopic (exact) mass is 222 g/mol. The molecule has 0 aliphatic carbocycles. The summed E-state index contributed by atoms with van der Waals surface area (Å²) in [6.45, 7) is -0.00991. The number of hydrogen-bond donors (Lipinski definition) is 0. The molecule has 0 atom stereocenters. The number of ether oxygens (including phenoxy) is 1. The van der Waals surface area contributed by atoms with Gasteiger partial charge in [-0.2, -0.15) is 0 Å². The molecule has 0 radical (unpaired) electrons. The maximum absolute atomic E-state index is 9.75. The Labute approximate surface area is 83.4 Å². The van der Waals surface area contributed by atoms with Gasteiger partial charge in [0.2, 0.25) is 5.39 Å². The Morgan fingerprint density at radius 2 is 1.60 bits per heavy atom. The molecular weight excluding hydrogens is 215 g/mol. The van der Waals surface area contributed by atoms with Crippen LogP contribution in [-0.4, -0.2) is 14.0 Å². The highest BCUT2D eigenvalue weighted by molar-refractivity contribution is 6.50. The number of benzene rings is 1. The van der Waals surface area contributed by atoms with Crippen LogP contribution in [-0.2, 0) is 0 Å². The zero-order valence-corrected chi connectivity index (χ0v) is 7.49. The molecule has 0 amide bonds. The molecule has 0 fully saturated rings. The molecule has 0 aliphatic heterocycles. The van der Waals surface area contributed by atoms with Gasteiger partial charge < -0.3 is 22.0 Å². The topological polar surface area (TPSA) is 37.4 Å². The first-order chi connectivity index (χ1) is 6.93. The van der Waals surface area contributed by atoms with Crippen LogP contribution in [0.5, 0.6) is 5.75 Å². The number of para-hydroxylation sites is 1. The van der Waals surface area contributed by atoms with Gasteiger partial charge in [0, 0.05) is 0 Å². The Morgan fingerprint density at radius 3 is 2.00 bits per heavy atom. The first-order valence-corrected chi connectivity index (χ1v) is 3.79. The van der Waals surface area contributed by atoms with Crippen LogP contribution in [0.4, 0.5) is 17.3 Å². The summed E-state index contributed by atoms with van der Waals surface area (Å²) in [5, 5.41) is 8.03. The van der Waals surface area contributed by atoms with Crippen molar-refractivity contribution in [1.29, 1.82) is 5.39 Å². The van der Waals surface area contributed by atoms with Gasteiger partial charge in [-0.3, -0.25) is 0 Å². The standard InChI is InChI=1S/C7H7N2O.BF4/c8-9-6-10-7-4-2-1-3-5-7;2-1(3,4)5/h1-5H,6H2;/q+1;-1. The molecule has 0 aliphatic rings. The Balaban J connectivity index is 0.000000336. The first-order valence-electron chi connectivity index (χ1n) is 3.79. The summed E-state index contributed by atoms with van der Waals surface area (Å²) in [6.07, 6.45) is 0. The lowest BCUT2D eigenvalue weighted by Crippen LogP contribution is -2.02. The van der Waals surface area contributed by atoms with Gasteiger partial charge in [0.05, 0.1) is 0 Å². The van der Waals surface area contributed by atoms with Gasteiger partial charge in [0.1, 0.15) is 5.75 Å². The quantitative estimate of drug-likeness (QED) is 0.437. The van der Waals surface area contributed by atoms with Gasteiger partial charge in [0.25, 0.3) is 0 Å². The molecule has 0 unspecified atom stereocenters. The predicted molar refractivity (Wildman–Crippen MR) is 47.2 cm³/mol. The van der Waals surface area contributed by atoms with Crippen molar-refractivity contribution >= 4 is 7.25 Å². The minimum absolute atomic E-state index is 0.00991. The lowest BCUT2D eigenvalue weighted by Gasteiger charge is -1.94. The number of diazo groups is 1. The molecule has 0 N–H and O–H groups in total.